The monoisotopic (exact) mass is 173 g/mol. The number of hydrogen-bond donors (Lipinski definition) is 0. The molecule has 13 heavy (non-hydrogen) atoms. The van der Waals surface area contributed by atoms with Crippen molar-refractivity contribution in [2.45, 2.75) is 13.8 Å². The predicted molar refractivity (Wildman–Crippen MR) is 58.2 cm³/mol. The maximum atomic E-state index is 4.07. The van der Waals surface area contributed by atoms with Crippen molar-refractivity contribution in [1.29, 1.82) is 0 Å². The van der Waals surface area contributed by atoms with Crippen molar-refractivity contribution in [1.82, 2.24) is 4.98 Å². The molecule has 0 N–H and O–H groups in total. The number of nitrogens with zero attached hydrogens (tertiary/aromatic N) is 1. The van der Waals surface area contributed by atoms with Crippen molar-refractivity contribution in [2.75, 3.05) is 0 Å². The Kier molecular flexibility index (Phi) is 3.44. The molecule has 1 aromatic rings. The van der Waals surface area contributed by atoms with Crippen LogP contribution in [0.25, 0.3) is 12.2 Å². The molecule has 1 nitrogen and oxygen atoms in total. The molecule has 0 atom stereocenters. The topological polar surface area (TPSA) is 12.9 Å². The lowest BCUT2D eigenvalue weighted by Gasteiger charge is -1.99. The molecule has 0 amide bonds. The summed E-state index contributed by atoms with van der Waals surface area (Å²) < 4.78 is 0. The SMILES string of the molecule is C=Cc1ccncc1/C=C\C(C)C. The molecular weight excluding hydrogens is 158 g/mol. The van der Waals surface area contributed by atoms with E-state index >= 15 is 0 Å². The minimum Gasteiger partial charge on any atom is -0.264 e. The van der Waals surface area contributed by atoms with Gasteiger partial charge in [0.05, 0.1) is 0 Å². The Bertz CT molecular complexity index is 311. The third-order valence-electron chi connectivity index (χ3n) is 1.77. The Morgan fingerprint density at radius 3 is 2.77 bits per heavy atom. The lowest BCUT2D eigenvalue weighted by atomic mass is 10.1. The fourth-order valence-electron chi connectivity index (χ4n) is 1.04. The van der Waals surface area contributed by atoms with E-state index in [0.29, 0.717) is 5.92 Å². The molecule has 0 bridgehead atoms. The largest absolute Gasteiger partial charge is 0.264 e. The van der Waals surface area contributed by atoms with Gasteiger partial charge < -0.3 is 0 Å². The van der Waals surface area contributed by atoms with Crippen LogP contribution >= 0.6 is 0 Å². The number of hydrogen-bond acceptors (Lipinski definition) is 1. The molecule has 0 aliphatic heterocycles. The van der Waals surface area contributed by atoms with Crippen LogP contribution in [0.3, 0.4) is 0 Å². The highest BCUT2D eigenvalue weighted by atomic mass is 14.6. The average molecular weight is 173 g/mol. The van der Waals surface area contributed by atoms with Crippen molar-refractivity contribution in [3.8, 4) is 0 Å². The van der Waals surface area contributed by atoms with Gasteiger partial charge in [-0.05, 0) is 23.1 Å². The van der Waals surface area contributed by atoms with Gasteiger partial charge in [0.1, 0.15) is 0 Å². The second-order valence-electron chi connectivity index (χ2n) is 3.31. The summed E-state index contributed by atoms with van der Waals surface area (Å²) in [6, 6.07) is 1.97. The zero-order valence-electron chi connectivity index (χ0n) is 8.20. The van der Waals surface area contributed by atoms with Crippen LogP contribution in [0.4, 0.5) is 0 Å². The molecule has 0 aliphatic carbocycles. The number of rotatable bonds is 3. The second kappa shape index (κ2) is 4.61. The quantitative estimate of drug-likeness (QED) is 0.682. The summed E-state index contributed by atoms with van der Waals surface area (Å²) in [6.07, 6.45) is 9.74. The van der Waals surface area contributed by atoms with E-state index in [0.717, 1.165) is 11.1 Å². The summed E-state index contributed by atoms with van der Waals surface area (Å²) in [5.74, 6) is 0.567. The molecule has 1 heterocycles. The van der Waals surface area contributed by atoms with Crippen molar-refractivity contribution >= 4 is 12.2 Å². The lowest BCUT2D eigenvalue weighted by molar-refractivity contribution is 0.836. The summed E-state index contributed by atoms with van der Waals surface area (Å²) in [5.41, 5.74) is 2.26. The molecule has 0 saturated carbocycles. The minimum absolute atomic E-state index is 0.567. The molecule has 1 aromatic heterocycles. The molecule has 1 rings (SSSR count). The van der Waals surface area contributed by atoms with Crippen LogP contribution in [0.15, 0.2) is 31.1 Å². The number of aromatic nitrogens is 1. The molecule has 0 aromatic carbocycles. The molecule has 0 radical (unpaired) electrons. The van der Waals surface area contributed by atoms with Crippen molar-refractivity contribution < 1.29 is 0 Å². The summed E-state index contributed by atoms with van der Waals surface area (Å²) in [6.45, 7) is 8.06. The third-order valence-corrected chi connectivity index (χ3v) is 1.77. The fourth-order valence-corrected chi connectivity index (χ4v) is 1.04. The van der Waals surface area contributed by atoms with E-state index in [9.17, 15) is 0 Å². The molecule has 0 aliphatic rings. The Hall–Kier alpha value is -1.37. The van der Waals surface area contributed by atoms with Gasteiger partial charge in [0.15, 0.2) is 0 Å². The Labute approximate surface area is 79.8 Å². The molecule has 0 spiro atoms. The van der Waals surface area contributed by atoms with Crippen LogP contribution in [0.5, 0.6) is 0 Å². The molecule has 68 valence electrons. The third kappa shape index (κ3) is 2.86. The first-order chi connectivity index (χ1) is 6.24. The zero-order valence-corrected chi connectivity index (χ0v) is 8.20. The van der Waals surface area contributed by atoms with Crippen LogP contribution in [-0.2, 0) is 0 Å². The molecule has 0 saturated heterocycles. The Morgan fingerprint density at radius 1 is 1.38 bits per heavy atom. The molecule has 1 heteroatoms. The second-order valence-corrected chi connectivity index (χ2v) is 3.31. The standard InChI is InChI=1S/C12H15N/c1-4-11-7-8-13-9-12(11)6-5-10(2)3/h4-10H,1H2,2-3H3/b6-5-. The van der Waals surface area contributed by atoms with Gasteiger partial charge in [-0.1, -0.05) is 38.7 Å². The Morgan fingerprint density at radius 2 is 2.15 bits per heavy atom. The normalized spacial score (nSPS) is 11.0. The smallest absolute Gasteiger partial charge is 0.0346 e. The average Bonchev–Trinajstić information content (AvgIpc) is 2.15. The highest BCUT2D eigenvalue weighted by Crippen LogP contribution is 2.11. The van der Waals surface area contributed by atoms with E-state index in [1.807, 2.05) is 18.3 Å². The lowest BCUT2D eigenvalue weighted by Crippen LogP contribution is -1.83. The zero-order chi connectivity index (χ0) is 9.68. The van der Waals surface area contributed by atoms with Gasteiger partial charge in [-0.3, -0.25) is 4.98 Å². The van der Waals surface area contributed by atoms with E-state index < -0.39 is 0 Å². The first kappa shape index (κ1) is 9.72. The molecule has 0 fully saturated rings. The van der Waals surface area contributed by atoms with Crippen LogP contribution in [0.2, 0.25) is 0 Å². The van der Waals surface area contributed by atoms with E-state index in [1.54, 1.807) is 6.20 Å². The van der Waals surface area contributed by atoms with Crippen LogP contribution < -0.4 is 0 Å². The summed E-state index contributed by atoms with van der Waals surface area (Å²) >= 11 is 0. The van der Waals surface area contributed by atoms with Gasteiger partial charge >= 0.3 is 0 Å². The van der Waals surface area contributed by atoms with Crippen LogP contribution in [0, 0.1) is 5.92 Å². The summed E-state index contributed by atoms with van der Waals surface area (Å²) in [7, 11) is 0. The highest BCUT2D eigenvalue weighted by molar-refractivity contribution is 5.63. The van der Waals surface area contributed by atoms with Gasteiger partial charge in [-0.25, -0.2) is 0 Å². The van der Waals surface area contributed by atoms with Gasteiger partial charge in [0, 0.05) is 12.4 Å². The van der Waals surface area contributed by atoms with Gasteiger partial charge in [-0.2, -0.15) is 0 Å². The molecular formula is C12H15N. The summed E-state index contributed by atoms with van der Waals surface area (Å²) in [5, 5.41) is 0. The maximum absolute atomic E-state index is 4.07. The maximum Gasteiger partial charge on any atom is 0.0346 e. The molecule has 0 unspecified atom stereocenters. The van der Waals surface area contributed by atoms with E-state index in [2.05, 4.69) is 37.6 Å². The van der Waals surface area contributed by atoms with Crippen molar-refractivity contribution in [3.05, 3.63) is 42.2 Å². The predicted octanol–water partition coefficient (Wildman–Crippen LogP) is 3.39. The summed E-state index contributed by atoms with van der Waals surface area (Å²) in [4.78, 5) is 4.07. The number of pyridine rings is 1. The first-order valence-electron chi connectivity index (χ1n) is 4.48. The number of allylic oxidation sites excluding steroid dienone is 1. The van der Waals surface area contributed by atoms with Gasteiger partial charge in [-0.15, -0.1) is 0 Å². The van der Waals surface area contributed by atoms with E-state index in [-0.39, 0.29) is 0 Å². The van der Waals surface area contributed by atoms with Crippen LogP contribution in [0.1, 0.15) is 25.0 Å². The van der Waals surface area contributed by atoms with E-state index in [4.69, 9.17) is 0 Å². The minimum atomic E-state index is 0.567. The Balaban J connectivity index is 2.93. The van der Waals surface area contributed by atoms with Crippen LogP contribution in [-0.4, -0.2) is 4.98 Å². The van der Waals surface area contributed by atoms with Crippen molar-refractivity contribution in [2.24, 2.45) is 5.92 Å². The highest BCUT2D eigenvalue weighted by Gasteiger charge is 1.93. The fraction of sp³-hybridized carbons (Fsp3) is 0.250. The van der Waals surface area contributed by atoms with Gasteiger partial charge in [0.2, 0.25) is 0 Å². The van der Waals surface area contributed by atoms with Gasteiger partial charge in [0.25, 0.3) is 0 Å². The van der Waals surface area contributed by atoms with Crippen molar-refractivity contribution in [3.63, 3.8) is 0 Å². The first-order valence-corrected chi connectivity index (χ1v) is 4.48. The van der Waals surface area contributed by atoms with E-state index in [1.165, 1.54) is 0 Å².